The van der Waals surface area contributed by atoms with Gasteiger partial charge in [-0.05, 0) is 19.1 Å². The molecule has 1 aromatic heterocycles. The van der Waals surface area contributed by atoms with E-state index in [1.807, 2.05) is 0 Å². The predicted molar refractivity (Wildman–Crippen MR) is 74.2 cm³/mol. The number of nitrogens with zero attached hydrogens (tertiary/aromatic N) is 2. The zero-order valence-corrected chi connectivity index (χ0v) is 11.8. The molecular weight excluding hydrogens is 282 g/mol. The second kappa shape index (κ2) is 4.89. The van der Waals surface area contributed by atoms with Gasteiger partial charge in [-0.3, -0.25) is 14.0 Å². The fourth-order valence-corrected chi connectivity index (χ4v) is 2.63. The Morgan fingerprint density at radius 1 is 1.25 bits per heavy atom. The van der Waals surface area contributed by atoms with Crippen molar-refractivity contribution in [3.8, 4) is 5.69 Å². The zero-order chi connectivity index (χ0) is 15.1. The van der Waals surface area contributed by atoms with Crippen LogP contribution in [0.2, 0.25) is 0 Å². The minimum atomic E-state index is -4.54. The molecule has 1 aromatic carbocycles. The van der Waals surface area contributed by atoms with Gasteiger partial charge in [-0.1, -0.05) is 18.2 Å². The Labute approximate surface area is 116 Å². The van der Waals surface area contributed by atoms with Crippen LogP contribution in [0, 0.1) is 6.92 Å². The van der Waals surface area contributed by atoms with Crippen molar-refractivity contribution in [1.29, 1.82) is 0 Å². The molecule has 0 amide bonds. The van der Waals surface area contributed by atoms with Crippen LogP contribution in [0.4, 0.5) is 0 Å². The van der Waals surface area contributed by atoms with E-state index in [1.54, 1.807) is 44.3 Å². The van der Waals surface area contributed by atoms with E-state index in [-0.39, 0.29) is 5.56 Å². The molecule has 0 saturated heterocycles. The summed E-state index contributed by atoms with van der Waals surface area (Å²) in [6.45, 7) is 1.57. The molecule has 1 unspecified atom stereocenters. The van der Waals surface area contributed by atoms with E-state index in [2.05, 4.69) is 0 Å². The number of benzene rings is 1. The van der Waals surface area contributed by atoms with E-state index >= 15 is 0 Å². The summed E-state index contributed by atoms with van der Waals surface area (Å²) in [6.07, 6.45) is 0. The number of aromatic nitrogens is 2. The number of hydrogen-bond donors (Lipinski definition) is 2. The summed E-state index contributed by atoms with van der Waals surface area (Å²) in [5.74, 6) is 0. The highest BCUT2D eigenvalue weighted by Gasteiger charge is 2.29. The summed E-state index contributed by atoms with van der Waals surface area (Å²) in [5.41, 5.74) is 5.72. The van der Waals surface area contributed by atoms with Gasteiger partial charge in [0.15, 0.2) is 5.37 Å². The van der Waals surface area contributed by atoms with Crippen molar-refractivity contribution in [1.82, 2.24) is 9.36 Å². The third-order valence-corrected chi connectivity index (χ3v) is 4.08. The fourth-order valence-electron chi connectivity index (χ4n) is 2.07. The van der Waals surface area contributed by atoms with Gasteiger partial charge < -0.3 is 5.73 Å². The predicted octanol–water partition coefficient (Wildman–Crippen LogP) is 0.330. The van der Waals surface area contributed by atoms with Crippen LogP contribution in [0.5, 0.6) is 0 Å². The summed E-state index contributed by atoms with van der Waals surface area (Å²) in [6, 6.07) is 8.74. The van der Waals surface area contributed by atoms with Crippen LogP contribution in [-0.2, 0) is 17.2 Å². The Morgan fingerprint density at radius 3 is 2.30 bits per heavy atom. The minimum absolute atomic E-state index is 0.140. The maximum Gasteiger partial charge on any atom is 0.285 e. The SMILES string of the molecule is Cc1c(C(N)S(=O)(=O)O)c(=O)n(-c2ccccc2)n1C. The van der Waals surface area contributed by atoms with Gasteiger partial charge in [0.1, 0.15) is 0 Å². The van der Waals surface area contributed by atoms with E-state index in [4.69, 9.17) is 10.3 Å². The Balaban J connectivity index is 2.74. The van der Waals surface area contributed by atoms with Crippen LogP contribution < -0.4 is 11.3 Å². The van der Waals surface area contributed by atoms with Gasteiger partial charge in [-0.25, -0.2) is 4.68 Å². The molecule has 7 nitrogen and oxygen atoms in total. The van der Waals surface area contributed by atoms with Crippen LogP contribution in [0.25, 0.3) is 5.69 Å². The van der Waals surface area contributed by atoms with Crippen molar-refractivity contribution in [2.45, 2.75) is 12.3 Å². The molecule has 3 N–H and O–H groups in total. The molecule has 8 heteroatoms. The summed E-state index contributed by atoms with van der Waals surface area (Å²) < 4.78 is 34.2. The van der Waals surface area contributed by atoms with Gasteiger partial charge in [-0.2, -0.15) is 8.42 Å². The maximum absolute atomic E-state index is 12.4. The van der Waals surface area contributed by atoms with Crippen molar-refractivity contribution in [3.05, 3.63) is 51.9 Å². The van der Waals surface area contributed by atoms with Crippen molar-refractivity contribution in [2.24, 2.45) is 12.8 Å². The van der Waals surface area contributed by atoms with Gasteiger partial charge in [-0.15, -0.1) is 0 Å². The largest absolute Gasteiger partial charge is 0.309 e. The Hall–Kier alpha value is -1.90. The Bertz CT molecular complexity index is 790. The smallest absolute Gasteiger partial charge is 0.285 e. The van der Waals surface area contributed by atoms with Gasteiger partial charge in [0.05, 0.1) is 11.3 Å². The molecule has 0 radical (unpaired) electrons. The molecule has 0 aliphatic rings. The number of rotatable bonds is 3. The van der Waals surface area contributed by atoms with E-state index in [1.165, 1.54) is 9.36 Å². The first-order chi connectivity index (χ1) is 9.25. The standard InChI is InChI=1S/C12H15N3O4S/c1-8-10(11(13)20(17,18)19)12(16)15(14(8)2)9-6-4-3-5-7-9/h3-7,11H,13H2,1-2H3,(H,17,18,19). The average Bonchev–Trinajstić information content (AvgIpc) is 2.60. The average molecular weight is 297 g/mol. The molecule has 20 heavy (non-hydrogen) atoms. The number of para-hydroxylation sites is 1. The third kappa shape index (κ3) is 2.28. The van der Waals surface area contributed by atoms with Crippen molar-refractivity contribution < 1.29 is 13.0 Å². The van der Waals surface area contributed by atoms with Crippen molar-refractivity contribution in [3.63, 3.8) is 0 Å². The molecule has 108 valence electrons. The molecule has 1 heterocycles. The van der Waals surface area contributed by atoms with E-state index < -0.39 is 21.1 Å². The molecule has 0 fully saturated rings. The van der Waals surface area contributed by atoms with Crippen LogP contribution >= 0.6 is 0 Å². The topological polar surface area (TPSA) is 107 Å². The highest BCUT2D eigenvalue weighted by atomic mass is 32.2. The van der Waals surface area contributed by atoms with Gasteiger partial charge in [0, 0.05) is 12.7 Å². The highest BCUT2D eigenvalue weighted by Crippen LogP contribution is 2.18. The Kier molecular flexibility index (Phi) is 3.55. The lowest BCUT2D eigenvalue weighted by Crippen LogP contribution is -2.28. The second-order valence-corrected chi connectivity index (χ2v) is 5.95. The minimum Gasteiger partial charge on any atom is -0.309 e. The lowest BCUT2D eigenvalue weighted by Gasteiger charge is -2.07. The van der Waals surface area contributed by atoms with E-state index in [9.17, 15) is 13.2 Å². The Morgan fingerprint density at radius 2 is 1.80 bits per heavy atom. The fraction of sp³-hybridized carbons (Fsp3) is 0.250. The summed E-state index contributed by atoms with van der Waals surface area (Å²) >= 11 is 0. The second-order valence-electron chi connectivity index (χ2n) is 4.41. The van der Waals surface area contributed by atoms with Gasteiger partial charge in [0.2, 0.25) is 0 Å². The van der Waals surface area contributed by atoms with Crippen LogP contribution in [-0.4, -0.2) is 22.3 Å². The number of nitrogens with two attached hydrogens (primary N) is 1. The normalized spacial score (nSPS) is 13.4. The first-order valence-corrected chi connectivity index (χ1v) is 7.31. The molecule has 2 aromatic rings. The number of hydrogen-bond acceptors (Lipinski definition) is 4. The third-order valence-electron chi connectivity index (χ3n) is 3.20. The van der Waals surface area contributed by atoms with Crippen LogP contribution in [0.3, 0.4) is 0 Å². The molecule has 0 spiro atoms. The van der Waals surface area contributed by atoms with E-state index in [0.29, 0.717) is 11.4 Å². The van der Waals surface area contributed by atoms with Gasteiger partial charge in [0.25, 0.3) is 15.7 Å². The molecule has 0 aliphatic heterocycles. The molecule has 0 bridgehead atoms. The molecule has 0 aliphatic carbocycles. The summed E-state index contributed by atoms with van der Waals surface area (Å²) in [7, 11) is -2.92. The van der Waals surface area contributed by atoms with Crippen molar-refractivity contribution >= 4 is 10.1 Å². The van der Waals surface area contributed by atoms with Crippen LogP contribution in [0.1, 0.15) is 16.6 Å². The quantitative estimate of drug-likeness (QED) is 0.794. The molecule has 1 atom stereocenters. The monoisotopic (exact) mass is 297 g/mol. The lowest BCUT2D eigenvalue weighted by molar-refractivity contribution is 0.469. The van der Waals surface area contributed by atoms with Gasteiger partial charge >= 0.3 is 0 Å². The molecular formula is C12H15N3O4S. The summed E-state index contributed by atoms with van der Waals surface area (Å²) in [5, 5.41) is -1.76. The molecule has 0 saturated carbocycles. The first-order valence-electron chi connectivity index (χ1n) is 5.81. The molecule has 2 rings (SSSR count). The first kappa shape index (κ1) is 14.5. The van der Waals surface area contributed by atoms with E-state index in [0.717, 1.165) is 0 Å². The highest BCUT2D eigenvalue weighted by molar-refractivity contribution is 7.86. The van der Waals surface area contributed by atoms with Crippen molar-refractivity contribution in [2.75, 3.05) is 0 Å². The zero-order valence-electron chi connectivity index (χ0n) is 11.0. The van der Waals surface area contributed by atoms with Crippen LogP contribution in [0.15, 0.2) is 35.1 Å². The summed E-state index contributed by atoms with van der Waals surface area (Å²) in [4.78, 5) is 12.4. The maximum atomic E-state index is 12.4. The lowest BCUT2D eigenvalue weighted by atomic mass is 10.2.